The molecule has 1 heterocycles. The summed E-state index contributed by atoms with van der Waals surface area (Å²) in [7, 11) is 0. The van der Waals surface area contributed by atoms with Gasteiger partial charge in [-0.15, -0.1) is 0 Å². The number of carbonyl (C=O) groups is 1. The molecule has 0 unspecified atom stereocenters. The van der Waals surface area contributed by atoms with Crippen LogP contribution in [0.3, 0.4) is 0 Å². The van der Waals surface area contributed by atoms with E-state index in [1.807, 2.05) is 0 Å². The number of ketones is 1. The van der Waals surface area contributed by atoms with E-state index in [0.29, 0.717) is 13.0 Å². The van der Waals surface area contributed by atoms with Gasteiger partial charge in [-0.2, -0.15) is 0 Å². The van der Waals surface area contributed by atoms with Crippen molar-refractivity contribution in [2.24, 2.45) is 11.8 Å². The number of ether oxygens (including phenoxy) is 1. The molecule has 0 radical (unpaired) electrons. The van der Waals surface area contributed by atoms with Crippen molar-refractivity contribution < 1.29 is 9.53 Å². The number of hydrogen-bond acceptors (Lipinski definition) is 3. The summed E-state index contributed by atoms with van der Waals surface area (Å²) in [6.45, 7) is 11.0. The van der Waals surface area contributed by atoms with Crippen molar-refractivity contribution in [1.29, 1.82) is 0 Å². The van der Waals surface area contributed by atoms with E-state index < -0.39 is 0 Å². The van der Waals surface area contributed by atoms with Crippen molar-refractivity contribution >= 4 is 5.78 Å². The molecular formula is C14H27NO2. The summed E-state index contributed by atoms with van der Waals surface area (Å²) in [4.78, 5) is 13.2. The lowest BCUT2D eigenvalue weighted by Crippen LogP contribution is -2.37. The zero-order valence-electron chi connectivity index (χ0n) is 11.6. The topological polar surface area (TPSA) is 29.5 Å². The Morgan fingerprint density at radius 1 is 1.29 bits per heavy atom. The van der Waals surface area contributed by atoms with Crippen LogP contribution in [0.25, 0.3) is 0 Å². The molecule has 1 fully saturated rings. The molecule has 17 heavy (non-hydrogen) atoms. The van der Waals surface area contributed by atoms with Gasteiger partial charge in [0.25, 0.3) is 0 Å². The van der Waals surface area contributed by atoms with Gasteiger partial charge >= 0.3 is 0 Å². The highest BCUT2D eigenvalue weighted by atomic mass is 16.5. The molecule has 3 heteroatoms. The number of hydrogen-bond donors (Lipinski definition) is 0. The lowest BCUT2D eigenvalue weighted by molar-refractivity contribution is -0.118. The van der Waals surface area contributed by atoms with E-state index in [0.717, 1.165) is 25.0 Å². The van der Waals surface area contributed by atoms with Crippen molar-refractivity contribution in [2.45, 2.75) is 40.0 Å². The number of nitrogens with zero attached hydrogens (tertiary/aromatic N) is 1. The van der Waals surface area contributed by atoms with Gasteiger partial charge in [-0.1, -0.05) is 13.8 Å². The average Bonchev–Trinajstić information content (AvgIpc) is 2.29. The Morgan fingerprint density at radius 3 is 2.47 bits per heavy atom. The molecule has 0 aromatic rings. The zero-order valence-corrected chi connectivity index (χ0v) is 11.6. The van der Waals surface area contributed by atoms with Crippen LogP contribution in [-0.2, 0) is 9.53 Å². The van der Waals surface area contributed by atoms with E-state index in [9.17, 15) is 4.79 Å². The summed E-state index contributed by atoms with van der Waals surface area (Å²) >= 11 is 0. The SMILES string of the molecule is CC(=O)CCOCCN1CCC(C(C)C)CC1. The van der Waals surface area contributed by atoms with E-state index in [-0.39, 0.29) is 5.78 Å². The van der Waals surface area contributed by atoms with Crippen molar-refractivity contribution in [1.82, 2.24) is 4.90 Å². The zero-order chi connectivity index (χ0) is 12.7. The minimum absolute atomic E-state index is 0.211. The number of likely N-dealkylation sites (tertiary alicyclic amines) is 1. The van der Waals surface area contributed by atoms with E-state index in [1.54, 1.807) is 6.92 Å². The monoisotopic (exact) mass is 241 g/mol. The molecule has 3 nitrogen and oxygen atoms in total. The van der Waals surface area contributed by atoms with Crippen LogP contribution in [0.1, 0.15) is 40.0 Å². The van der Waals surface area contributed by atoms with Crippen LogP contribution < -0.4 is 0 Å². The second-order valence-electron chi connectivity index (χ2n) is 5.49. The number of piperidine rings is 1. The minimum atomic E-state index is 0.211. The first-order chi connectivity index (χ1) is 8.09. The summed E-state index contributed by atoms with van der Waals surface area (Å²) in [6.07, 6.45) is 3.20. The fourth-order valence-electron chi connectivity index (χ4n) is 2.35. The summed E-state index contributed by atoms with van der Waals surface area (Å²) in [5.74, 6) is 1.94. The summed E-state index contributed by atoms with van der Waals surface area (Å²) < 4.78 is 5.46. The first-order valence-corrected chi connectivity index (χ1v) is 6.89. The van der Waals surface area contributed by atoms with E-state index in [4.69, 9.17) is 4.74 Å². The summed E-state index contributed by atoms with van der Waals surface area (Å²) in [5, 5.41) is 0. The Kier molecular flexibility index (Phi) is 6.75. The van der Waals surface area contributed by atoms with Gasteiger partial charge < -0.3 is 9.64 Å². The van der Waals surface area contributed by atoms with Crippen LogP contribution in [0.5, 0.6) is 0 Å². The van der Waals surface area contributed by atoms with Gasteiger partial charge in [-0.25, -0.2) is 0 Å². The maximum atomic E-state index is 10.7. The molecule has 0 atom stereocenters. The van der Waals surface area contributed by atoms with E-state index in [2.05, 4.69) is 18.7 Å². The predicted molar refractivity (Wildman–Crippen MR) is 70.1 cm³/mol. The highest BCUT2D eigenvalue weighted by Gasteiger charge is 2.20. The molecule has 0 aliphatic carbocycles. The van der Waals surface area contributed by atoms with Crippen LogP contribution in [0, 0.1) is 11.8 Å². The van der Waals surface area contributed by atoms with Gasteiger partial charge in [0.1, 0.15) is 5.78 Å². The second kappa shape index (κ2) is 7.83. The van der Waals surface area contributed by atoms with Crippen molar-refractivity contribution in [3.63, 3.8) is 0 Å². The predicted octanol–water partition coefficient (Wildman–Crippen LogP) is 2.35. The number of rotatable bonds is 7. The molecule has 1 saturated heterocycles. The molecule has 0 N–H and O–H groups in total. The average molecular weight is 241 g/mol. The van der Waals surface area contributed by atoms with Gasteiger partial charge in [0.2, 0.25) is 0 Å². The van der Waals surface area contributed by atoms with E-state index in [1.165, 1.54) is 25.9 Å². The Morgan fingerprint density at radius 2 is 1.94 bits per heavy atom. The van der Waals surface area contributed by atoms with Crippen LogP contribution in [0.4, 0.5) is 0 Å². The van der Waals surface area contributed by atoms with Crippen LogP contribution >= 0.6 is 0 Å². The summed E-state index contributed by atoms with van der Waals surface area (Å²) in [6, 6.07) is 0. The summed E-state index contributed by atoms with van der Waals surface area (Å²) in [5.41, 5.74) is 0. The molecule has 0 bridgehead atoms. The van der Waals surface area contributed by atoms with Gasteiger partial charge in [-0.05, 0) is 44.7 Å². The molecule has 0 aromatic heterocycles. The quantitative estimate of drug-likeness (QED) is 0.641. The fraction of sp³-hybridized carbons (Fsp3) is 0.929. The minimum Gasteiger partial charge on any atom is -0.380 e. The van der Waals surface area contributed by atoms with Crippen molar-refractivity contribution in [3.05, 3.63) is 0 Å². The van der Waals surface area contributed by atoms with Gasteiger partial charge in [0.15, 0.2) is 0 Å². The molecule has 100 valence electrons. The Labute approximate surface area is 106 Å². The fourth-order valence-corrected chi connectivity index (χ4v) is 2.35. The molecule has 0 aromatic carbocycles. The molecule has 1 aliphatic rings. The third kappa shape index (κ3) is 6.18. The molecule has 0 spiro atoms. The maximum absolute atomic E-state index is 10.7. The molecule has 0 saturated carbocycles. The highest BCUT2D eigenvalue weighted by Crippen LogP contribution is 2.23. The first kappa shape index (κ1) is 14.7. The molecule has 1 rings (SSSR count). The largest absolute Gasteiger partial charge is 0.380 e. The van der Waals surface area contributed by atoms with Crippen LogP contribution in [-0.4, -0.2) is 43.5 Å². The Hall–Kier alpha value is -0.410. The maximum Gasteiger partial charge on any atom is 0.132 e. The molecular weight excluding hydrogens is 214 g/mol. The molecule has 0 amide bonds. The molecule has 1 aliphatic heterocycles. The van der Waals surface area contributed by atoms with Gasteiger partial charge in [-0.3, -0.25) is 4.79 Å². The lowest BCUT2D eigenvalue weighted by Gasteiger charge is -2.33. The number of carbonyl (C=O) groups excluding carboxylic acids is 1. The van der Waals surface area contributed by atoms with Crippen LogP contribution in [0.2, 0.25) is 0 Å². The van der Waals surface area contributed by atoms with Crippen molar-refractivity contribution in [3.8, 4) is 0 Å². The number of Topliss-reactive ketones (excluding diaryl/α,β-unsaturated/α-hetero) is 1. The first-order valence-electron chi connectivity index (χ1n) is 6.89. The standard InChI is InChI=1S/C14H27NO2/c1-12(2)14-4-7-15(8-5-14)9-11-17-10-6-13(3)16/h12,14H,4-11H2,1-3H3. The Balaban J connectivity index is 2.01. The van der Waals surface area contributed by atoms with Crippen LogP contribution in [0.15, 0.2) is 0 Å². The lowest BCUT2D eigenvalue weighted by atomic mass is 9.87. The Bertz CT molecular complexity index is 220. The van der Waals surface area contributed by atoms with Crippen molar-refractivity contribution in [2.75, 3.05) is 32.8 Å². The van der Waals surface area contributed by atoms with E-state index >= 15 is 0 Å². The smallest absolute Gasteiger partial charge is 0.132 e. The third-order valence-corrected chi connectivity index (χ3v) is 3.73. The third-order valence-electron chi connectivity index (χ3n) is 3.73. The van der Waals surface area contributed by atoms with Gasteiger partial charge in [0, 0.05) is 13.0 Å². The van der Waals surface area contributed by atoms with Gasteiger partial charge in [0.05, 0.1) is 13.2 Å². The second-order valence-corrected chi connectivity index (χ2v) is 5.49. The highest BCUT2D eigenvalue weighted by molar-refractivity contribution is 5.75. The normalized spacial score (nSPS) is 18.8.